The van der Waals surface area contributed by atoms with Gasteiger partial charge in [0.1, 0.15) is 11.6 Å². The summed E-state index contributed by atoms with van der Waals surface area (Å²) < 4.78 is 0. The van der Waals surface area contributed by atoms with Gasteiger partial charge in [0.05, 0.1) is 11.6 Å². The fraction of sp³-hybridized carbons (Fsp3) is 0. The Balaban J connectivity index is 2.09. The third kappa shape index (κ3) is 2.25. The van der Waals surface area contributed by atoms with Gasteiger partial charge in [-0.1, -0.05) is 12.1 Å². The molecule has 2 N–H and O–H groups in total. The normalized spacial score (nSPS) is 10.2. The van der Waals surface area contributed by atoms with Crippen LogP contribution >= 0.6 is 0 Å². The van der Waals surface area contributed by atoms with Crippen molar-refractivity contribution < 1.29 is 5.11 Å². The topological polar surface area (TPSA) is 68.9 Å². The number of benzene rings is 2. The molecule has 3 rings (SSSR count). The standard InChI is InChI=1S/C16H11N3O/c17-10-11-4-5-12-6-7-18-16(15(12)8-11)19-13-2-1-3-14(20)9-13/h1-9,20H,(H,18,19). The van der Waals surface area contributed by atoms with E-state index in [4.69, 9.17) is 5.26 Å². The number of aromatic hydroxyl groups is 1. The summed E-state index contributed by atoms with van der Waals surface area (Å²) in [6.45, 7) is 0. The number of phenols is 1. The Morgan fingerprint density at radius 3 is 2.80 bits per heavy atom. The summed E-state index contributed by atoms with van der Waals surface area (Å²) in [6.07, 6.45) is 1.71. The predicted octanol–water partition coefficient (Wildman–Crippen LogP) is 3.56. The molecule has 1 heterocycles. The minimum atomic E-state index is 0.188. The number of phenolic OH excluding ortho intramolecular Hbond substituents is 1. The van der Waals surface area contributed by atoms with Gasteiger partial charge in [-0.3, -0.25) is 0 Å². The first-order chi connectivity index (χ1) is 9.76. The summed E-state index contributed by atoms with van der Waals surface area (Å²) in [6, 6.07) is 16.3. The second kappa shape index (κ2) is 4.90. The molecule has 96 valence electrons. The second-order valence-electron chi connectivity index (χ2n) is 4.38. The summed E-state index contributed by atoms with van der Waals surface area (Å²) >= 11 is 0. The number of nitrogens with one attached hydrogen (secondary N) is 1. The fourth-order valence-electron chi connectivity index (χ4n) is 2.06. The van der Waals surface area contributed by atoms with Crippen LogP contribution in [0.15, 0.2) is 54.7 Å². The largest absolute Gasteiger partial charge is 0.508 e. The quantitative estimate of drug-likeness (QED) is 0.740. The molecule has 4 heteroatoms. The van der Waals surface area contributed by atoms with E-state index in [0.717, 1.165) is 16.5 Å². The van der Waals surface area contributed by atoms with Gasteiger partial charge in [0.25, 0.3) is 0 Å². The van der Waals surface area contributed by atoms with Crippen LogP contribution in [0.3, 0.4) is 0 Å². The smallest absolute Gasteiger partial charge is 0.138 e. The maximum atomic E-state index is 9.48. The zero-order valence-electron chi connectivity index (χ0n) is 10.5. The highest BCUT2D eigenvalue weighted by atomic mass is 16.3. The molecule has 3 aromatic rings. The van der Waals surface area contributed by atoms with Gasteiger partial charge in [-0.15, -0.1) is 0 Å². The summed E-state index contributed by atoms with van der Waals surface area (Å²) in [5.41, 5.74) is 1.33. The minimum Gasteiger partial charge on any atom is -0.508 e. The van der Waals surface area contributed by atoms with Gasteiger partial charge in [0.15, 0.2) is 0 Å². The van der Waals surface area contributed by atoms with Crippen LogP contribution in [-0.4, -0.2) is 10.1 Å². The van der Waals surface area contributed by atoms with E-state index < -0.39 is 0 Å². The van der Waals surface area contributed by atoms with Gasteiger partial charge in [-0.25, -0.2) is 4.98 Å². The average molecular weight is 261 g/mol. The first-order valence-electron chi connectivity index (χ1n) is 6.11. The Hall–Kier alpha value is -3.06. The lowest BCUT2D eigenvalue weighted by Crippen LogP contribution is -1.94. The number of hydrogen-bond donors (Lipinski definition) is 2. The van der Waals surface area contributed by atoms with Gasteiger partial charge in [-0.2, -0.15) is 5.26 Å². The number of rotatable bonds is 2. The van der Waals surface area contributed by atoms with Crippen LogP contribution in [0.2, 0.25) is 0 Å². The Labute approximate surface area is 115 Å². The van der Waals surface area contributed by atoms with Crippen molar-refractivity contribution in [2.75, 3.05) is 5.32 Å². The number of nitrogens with zero attached hydrogens (tertiary/aromatic N) is 2. The van der Waals surface area contributed by atoms with E-state index in [0.29, 0.717) is 11.4 Å². The van der Waals surface area contributed by atoms with Crippen molar-refractivity contribution in [1.82, 2.24) is 4.98 Å². The first-order valence-corrected chi connectivity index (χ1v) is 6.11. The van der Waals surface area contributed by atoms with Gasteiger partial charge < -0.3 is 10.4 Å². The zero-order chi connectivity index (χ0) is 13.9. The highest BCUT2D eigenvalue weighted by molar-refractivity contribution is 5.94. The van der Waals surface area contributed by atoms with E-state index >= 15 is 0 Å². The molecule has 0 spiro atoms. The lowest BCUT2D eigenvalue weighted by Gasteiger charge is -2.09. The van der Waals surface area contributed by atoms with Crippen LogP contribution in [0.25, 0.3) is 10.8 Å². The van der Waals surface area contributed by atoms with Crippen molar-refractivity contribution in [3.63, 3.8) is 0 Å². The molecular weight excluding hydrogens is 250 g/mol. The van der Waals surface area contributed by atoms with Gasteiger partial charge in [-0.05, 0) is 35.7 Å². The van der Waals surface area contributed by atoms with E-state index in [-0.39, 0.29) is 5.75 Å². The maximum Gasteiger partial charge on any atom is 0.138 e. The molecule has 0 aliphatic carbocycles. The number of anilines is 2. The molecule has 0 aliphatic heterocycles. The molecule has 0 bridgehead atoms. The number of hydrogen-bond acceptors (Lipinski definition) is 4. The molecule has 0 saturated carbocycles. The molecule has 0 fully saturated rings. The zero-order valence-corrected chi connectivity index (χ0v) is 10.5. The third-order valence-electron chi connectivity index (χ3n) is 3.00. The summed E-state index contributed by atoms with van der Waals surface area (Å²) in [5.74, 6) is 0.846. The molecular formula is C16H11N3O. The molecule has 0 saturated heterocycles. The van der Waals surface area contributed by atoms with Crippen LogP contribution in [0.1, 0.15) is 5.56 Å². The van der Waals surface area contributed by atoms with Crippen molar-refractivity contribution in [2.45, 2.75) is 0 Å². The van der Waals surface area contributed by atoms with Crippen LogP contribution in [0.5, 0.6) is 5.75 Å². The highest BCUT2D eigenvalue weighted by Gasteiger charge is 2.04. The molecule has 0 atom stereocenters. The lowest BCUT2D eigenvalue weighted by molar-refractivity contribution is 0.475. The summed E-state index contributed by atoms with van der Waals surface area (Å²) in [7, 11) is 0. The van der Waals surface area contributed by atoms with Gasteiger partial charge in [0, 0.05) is 23.3 Å². The predicted molar refractivity (Wildman–Crippen MR) is 77.8 cm³/mol. The second-order valence-corrected chi connectivity index (χ2v) is 4.38. The lowest BCUT2D eigenvalue weighted by atomic mass is 10.1. The summed E-state index contributed by atoms with van der Waals surface area (Å²) in [5, 5.41) is 23.5. The van der Waals surface area contributed by atoms with Crippen LogP contribution in [-0.2, 0) is 0 Å². The summed E-state index contributed by atoms with van der Waals surface area (Å²) in [4.78, 5) is 4.31. The molecule has 1 aromatic heterocycles. The minimum absolute atomic E-state index is 0.188. The average Bonchev–Trinajstić information content (AvgIpc) is 2.47. The van der Waals surface area contributed by atoms with E-state index in [1.165, 1.54) is 0 Å². The van der Waals surface area contributed by atoms with Crippen LogP contribution in [0.4, 0.5) is 11.5 Å². The SMILES string of the molecule is N#Cc1ccc2ccnc(Nc3cccc(O)c3)c2c1. The Morgan fingerprint density at radius 2 is 2.00 bits per heavy atom. The van der Waals surface area contributed by atoms with Crippen LogP contribution in [0, 0.1) is 11.3 Å². The maximum absolute atomic E-state index is 9.48. The van der Waals surface area contributed by atoms with E-state index in [9.17, 15) is 5.11 Å². The Bertz CT molecular complexity index is 821. The third-order valence-corrected chi connectivity index (χ3v) is 3.00. The van der Waals surface area contributed by atoms with Crippen LogP contribution < -0.4 is 5.32 Å². The van der Waals surface area contributed by atoms with Crippen molar-refractivity contribution in [3.05, 3.63) is 60.3 Å². The number of aromatic nitrogens is 1. The molecule has 0 amide bonds. The van der Waals surface area contributed by atoms with Crippen molar-refractivity contribution in [1.29, 1.82) is 5.26 Å². The van der Waals surface area contributed by atoms with E-state index in [2.05, 4.69) is 16.4 Å². The van der Waals surface area contributed by atoms with Gasteiger partial charge >= 0.3 is 0 Å². The van der Waals surface area contributed by atoms with Crippen molar-refractivity contribution in [3.8, 4) is 11.8 Å². The Kier molecular flexibility index (Phi) is 2.94. The van der Waals surface area contributed by atoms with Gasteiger partial charge in [0.2, 0.25) is 0 Å². The van der Waals surface area contributed by atoms with E-state index in [1.807, 2.05) is 18.2 Å². The highest BCUT2D eigenvalue weighted by Crippen LogP contribution is 2.26. The van der Waals surface area contributed by atoms with Crippen molar-refractivity contribution >= 4 is 22.3 Å². The molecule has 2 aromatic carbocycles. The van der Waals surface area contributed by atoms with Crippen molar-refractivity contribution in [2.24, 2.45) is 0 Å². The number of nitriles is 1. The number of pyridine rings is 1. The fourth-order valence-corrected chi connectivity index (χ4v) is 2.06. The number of fused-ring (bicyclic) bond motifs is 1. The molecule has 0 radical (unpaired) electrons. The monoisotopic (exact) mass is 261 g/mol. The molecule has 0 aliphatic rings. The molecule has 0 unspecified atom stereocenters. The Morgan fingerprint density at radius 1 is 1.10 bits per heavy atom. The molecule has 20 heavy (non-hydrogen) atoms. The first kappa shape index (κ1) is 12.0. The van der Waals surface area contributed by atoms with E-state index in [1.54, 1.807) is 36.5 Å². The molecule has 4 nitrogen and oxygen atoms in total.